The van der Waals surface area contributed by atoms with Crippen molar-refractivity contribution in [3.05, 3.63) is 48.0 Å². The summed E-state index contributed by atoms with van der Waals surface area (Å²) in [5.74, 6) is -1.70. The Balaban J connectivity index is 1.81. The fourth-order valence-corrected chi connectivity index (χ4v) is 2.86. The van der Waals surface area contributed by atoms with E-state index in [0.717, 1.165) is 16.3 Å². The first-order chi connectivity index (χ1) is 10.2. The summed E-state index contributed by atoms with van der Waals surface area (Å²) in [6, 6.07) is 13.0. The van der Waals surface area contributed by atoms with E-state index in [1.54, 1.807) is 0 Å². The molecule has 2 unspecified atom stereocenters. The number of rotatable bonds is 2. The molecule has 2 aromatic carbocycles. The summed E-state index contributed by atoms with van der Waals surface area (Å²) in [5, 5.41) is 2.02. The van der Waals surface area contributed by atoms with Crippen LogP contribution in [-0.4, -0.2) is 30.4 Å². The third-order valence-corrected chi connectivity index (χ3v) is 3.90. The zero-order chi connectivity index (χ0) is 14.4. The van der Waals surface area contributed by atoms with Gasteiger partial charge in [-0.05, 0) is 16.8 Å². The smallest absolute Gasteiger partial charge is 0.311 e. The molecule has 0 spiro atoms. The predicted octanol–water partition coefficient (Wildman–Crippen LogP) is 2.60. The Morgan fingerprint density at radius 1 is 1.19 bits per heavy atom. The first kappa shape index (κ1) is 12.3. The number of hydrogen-bond donors (Lipinski definition) is 0. The highest BCUT2D eigenvalue weighted by Gasteiger charge is 2.57. The zero-order valence-corrected chi connectivity index (χ0v) is 11.1. The number of aliphatic imine (C=N–C) groups is 1. The summed E-state index contributed by atoms with van der Waals surface area (Å²) in [4.78, 5) is 15.7. The first-order valence-electron chi connectivity index (χ1n) is 6.75. The van der Waals surface area contributed by atoms with Gasteiger partial charge in [-0.3, -0.25) is 4.79 Å². The molecule has 2 aliphatic heterocycles. The van der Waals surface area contributed by atoms with Crippen molar-refractivity contribution >= 4 is 22.6 Å². The van der Waals surface area contributed by atoms with E-state index in [1.807, 2.05) is 42.5 Å². The van der Waals surface area contributed by atoms with E-state index in [-0.39, 0.29) is 6.42 Å². The number of halogens is 1. The second-order valence-corrected chi connectivity index (χ2v) is 5.20. The van der Waals surface area contributed by atoms with Crippen LogP contribution in [0.4, 0.5) is 4.39 Å². The van der Waals surface area contributed by atoms with Gasteiger partial charge in [0.15, 0.2) is 6.67 Å². The van der Waals surface area contributed by atoms with Crippen molar-refractivity contribution < 1.29 is 18.7 Å². The number of nitrogens with zero attached hydrogens (tertiary/aromatic N) is 1. The van der Waals surface area contributed by atoms with Gasteiger partial charge in [-0.25, -0.2) is 9.38 Å². The molecule has 0 radical (unpaired) electrons. The SMILES string of the molecule is O=C1CC2N=C(c3cccc4ccccc34)OC2(CF)O1. The summed E-state index contributed by atoms with van der Waals surface area (Å²) >= 11 is 0. The average molecular weight is 285 g/mol. The molecule has 2 aliphatic rings. The molecule has 1 fully saturated rings. The van der Waals surface area contributed by atoms with Crippen LogP contribution < -0.4 is 0 Å². The maximum Gasteiger partial charge on any atom is 0.311 e. The lowest BCUT2D eigenvalue weighted by molar-refractivity contribution is -0.184. The van der Waals surface area contributed by atoms with Gasteiger partial charge in [-0.15, -0.1) is 0 Å². The standard InChI is InChI=1S/C16H12FNO3/c17-9-16-13(8-14(19)20-16)18-15(21-16)12-7-3-5-10-4-1-2-6-11(10)12/h1-7,13H,8-9H2. The third kappa shape index (κ3) is 1.73. The van der Waals surface area contributed by atoms with E-state index < -0.39 is 24.5 Å². The van der Waals surface area contributed by atoms with Crippen molar-refractivity contribution in [1.29, 1.82) is 0 Å². The molecule has 0 amide bonds. The highest BCUT2D eigenvalue weighted by atomic mass is 19.1. The average Bonchev–Trinajstić information content (AvgIpc) is 2.99. The molecule has 0 N–H and O–H groups in total. The lowest BCUT2D eigenvalue weighted by atomic mass is 10.0. The molecule has 5 heteroatoms. The van der Waals surface area contributed by atoms with Gasteiger partial charge < -0.3 is 9.47 Å². The van der Waals surface area contributed by atoms with Crippen LogP contribution in [0.2, 0.25) is 0 Å². The van der Waals surface area contributed by atoms with Crippen LogP contribution in [0, 0.1) is 0 Å². The fraction of sp³-hybridized carbons (Fsp3) is 0.250. The van der Waals surface area contributed by atoms with Crippen LogP contribution in [0.3, 0.4) is 0 Å². The Kier molecular flexibility index (Phi) is 2.51. The highest BCUT2D eigenvalue weighted by molar-refractivity contribution is 6.08. The van der Waals surface area contributed by atoms with Crippen LogP contribution in [-0.2, 0) is 14.3 Å². The Morgan fingerprint density at radius 2 is 2.00 bits per heavy atom. The molecule has 4 rings (SSSR count). The molecular weight excluding hydrogens is 273 g/mol. The summed E-state index contributed by atoms with van der Waals surface area (Å²) in [5.41, 5.74) is 0.784. The predicted molar refractivity (Wildman–Crippen MR) is 74.8 cm³/mol. The molecule has 1 saturated heterocycles. The van der Waals surface area contributed by atoms with Crippen LogP contribution in [0.5, 0.6) is 0 Å². The molecule has 0 saturated carbocycles. The summed E-state index contributed by atoms with van der Waals surface area (Å²) in [6.45, 7) is -0.902. The summed E-state index contributed by atoms with van der Waals surface area (Å²) < 4.78 is 24.0. The highest BCUT2D eigenvalue weighted by Crippen LogP contribution is 2.38. The number of fused-ring (bicyclic) bond motifs is 2. The number of ether oxygens (including phenoxy) is 2. The van der Waals surface area contributed by atoms with E-state index in [4.69, 9.17) is 9.47 Å². The number of esters is 1. The van der Waals surface area contributed by atoms with Gasteiger partial charge in [-0.1, -0.05) is 36.4 Å². The molecule has 2 aromatic rings. The van der Waals surface area contributed by atoms with E-state index in [0.29, 0.717) is 5.90 Å². The largest absolute Gasteiger partial charge is 0.430 e. The van der Waals surface area contributed by atoms with Gasteiger partial charge in [0.2, 0.25) is 5.90 Å². The lowest BCUT2D eigenvalue weighted by Gasteiger charge is -2.22. The first-order valence-corrected chi connectivity index (χ1v) is 6.75. The monoisotopic (exact) mass is 285 g/mol. The van der Waals surface area contributed by atoms with Crippen molar-refractivity contribution in [2.24, 2.45) is 4.99 Å². The van der Waals surface area contributed by atoms with Gasteiger partial charge in [0, 0.05) is 5.56 Å². The molecule has 0 aromatic heterocycles. The number of carbonyl (C=O) groups is 1. The van der Waals surface area contributed by atoms with Gasteiger partial charge in [0.05, 0.1) is 6.42 Å². The second-order valence-electron chi connectivity index (χ2n) is 5.20. The van der Waals surface area contributed by atoms with Crippen LogP contribution in [0.1, 0.15) is 12.0 Å². The number of carbonyl (C=O) groups excluding carboxylic acids is 1. The van der Waals surface area contributed by atoms with E-state index >= 15 is 0 Å². The number of hydrogen-bond acceptors (Lipinski definition) is 4. The number of benzene rings is 2. The van der Waals surface area contributed by atoms with Crippen molar-refractivity contribution in [2.75, 3.05) is 6.67 Å². The Morgan fingerprint density at radius 3 is 2.81 bits per heavy atom. The molecule has 0 aliphatic carbocycles. The minimum absolute atomic E-state index is 0.0538. The maximum atomic E-state index is 13.3. The normalized spacial score (nSPS) is 27.2. The summed E-state index contributed by atoms with van der Waals surface area (Å²) in [7, 11) is 0. The molecular formula is C16H12FNO3. The van der Waals surface area contributed by atoms with Crippen molar-refractivity contribution in [3.63, 3.8) is 0 Å². The van der Waals surface area contributed by atoms with Gasteiger partial charge in [0.1, 0.15) is 6.04 Å². The Labute approximate surface area is 120 Å². The van der Waals surface area contributed by atoms with Crippen molar-refractivity contribution in [1.82, 2.24) is 0 Å². The van der Waals surface area contributed by atoms with Crippen molar-refractivity contribution in [3.8, 4) is 0 Å². The van der Waals surface area contributed by atoms with Crippen LogP contribution in [0.25, 0.3) is 10.8 Å². The number of alkyl halides is 1. The molecule has 4 nitrogen and oxygen atoms in total. The maximum absolute atomic E-state index is 13.3. The Hall–Kier alpha value is -2.43. The van der Waals surface area contributed by atoms with E-state index in [9.17, 15) is 9.18 Å². The fourth-order valence-electron chi connectivity index (χ4n) is 2.86. The van der Waals surface area contributed by atoms with Crippen LogP contribution >= 0.6 is 0 Å². The van der Waals surface area contributed by atoms with Gasteiger partial charge in [0.25, 0.3) is 0 Å². The molecule has 106 valence electrons. The zero-order valence-electron chi connectivity index (χ0n) is 11.1. The second kappa shape index (κ2) is 4.28. The Bertz CT molecular complexity index is 768. The lowest BCUT2D eigenvalue weighted by Crippen LogP contribution is -2.40. The van der Waals surface area contributed by atoms with Gasteiger partial charge >= 0.3 is 11.8 Å². The minimum Gasteiger partial charge on any atom is -0.430 e. The molecule has 0 bridgehead atoms. The quantitative estimate of drug-likeness (QED) is 0.797. The van der Waals surface area contributed by atoms with Gasteiger partial charge in [-0.2, -0.15) is 0 Å². The van der Waals surface area contributed by atoms with Crippen molar-refractivity contribution in [2.45, 2.75) is 18.2 Å². The van der Waals surface area contributed by atoms with E-state index in [2.05, 4.69) is 4.99 Å². The molecule has 2 atom stereocenters. The topological polar surface area (TPSA) is 47.9 Å². The summed E-state index contributed by atoms with van der Waals surface area (Å²) in [6.07, 6.45) is 0.0538. The van der Waals surface area contributed by atoms with Crippen LogP contribution in [0.15, 0.2) is 47.5 Å². The van der Waals surface area contributed by atoms with E-state index in [1.165, 1.54) is 0 Å². The minimum atomic E-state index is -1.57. The molecule has 21 heavy (non-hydrogen) atoms. The molecule has 2 heterocycles. The third-order valence-electron chi connectivity index (χ3n) is 3.90.